The monoisotopic (exact) mass is 321 g/mol. The van der Waals surface area contributed by atoms with E-state index in [-0.39, 0.29) is 5.91 Å². The SMILES string of the molecule is CCc1nc2ccccc2n1CC(=O)N(CC)Cc1ccccc1. The smallest absolute Gasteiger partial charge is 0.242 e. The van der Waals surface area contributed by atoms with Crippen LogP contribution in [0.1, 0.15) is 25.2 Å². The highest BCUT2D eigenvalue weighted by atomic mass is 16.2. The highest BCUT2D eigenvalue weighted by Gasteiger charge is 2.16. The Kier molecular flexibility index (Phi) is 4.94. The third-order valence-corrected chi connectivity index (χ3v) is 4.29. The first-order valence-electron chi connectivity index (χ1n) is 8.48. The molecule has 0 N–H and O–H groups in total. The summed E-state index contributed by atoms with van der Waals surface area (Å²) < 4.78 is 2.05. The van der Waals surface area contributed by atoms with Crippen molar-refractivity contribution in [2.24, 2.45) is 0 Å². The lowest BCUT2D eigenvalue weighted by molar-refractivity contribution is -0.132. The zero-order chi connectivity index (χ0) is 16.9. The number of carbonyl (C=O) groups excluding carboxylic acids is 1. The van der Waals surface area contributed by atoms with Crippen molar-refractivity contribution in [2.45, 2.75) is 33.4 Å². The van der Waals surface area contributed by atoms with E-state index >= 15 is 0 Å². The molecule has 0 spiro atoms. The van der Waals surface area contributed by atoms with Crippen molar-refractivity contribution in [2.75, 3.05) is 6.54 Å². The van der Waals surface area contributed by atoms with E-state index in [9.17, 15) is 4.79 Å². The van der Waals surface area contributed by atoms with Crippen LogP contribution in [0.25, 0.3) is 11.0 Å². The average molecular weight is 321 g/mol. The third-order valence-electron chi connectivity index (χ3n) is 4.29. The van der Waals surface area contributed by atoms with E-state index in [1.165, 1.54) is 0 Å². The lowest BCUT2D eigenvalue weighted by atomic mass is 10.2. The molecule has 3 rings (SSSR count). The summed E-state index contributed by atoms with van der Waals surface area (Å²) in [5.74, 6) is 1.08. The zero-order valence-electron chi connectivity index (χ0n) is 14.3. The van der Waals surface area contributed by atoms with Gasteiger partial charge in [0.15, 0.2) is 0 Å². The van der Waals surface area contributed by atoms with Gasteiger partial charge in [0, 0.05) is 19.5 Å². The van der Waals surface area contributed by atoms with Crippen LogP contribution in [0.3, 0.4) is 0 Å². The van der Waals surface area contributed by atoms with Crippen LogP contribution in [0.4, 0.5) is 0 Å². The van der Waals surface area contributed by atoms with Crippen LogP contribution in [0, 0.1) is 0 Å². The van der Waals surface area contributed by atoms with E-state index in [2.05, 4.69) is 24.0 Å². The summed E-state index contributed by atoms with van der Waals surface area (Å²) in [5, 5.41) is 0. The van der Waals surface area contributed by atoms with Crippen LogP contribution >= 0.6 is 0 Å². The molecule has 0 aliphatic rings. The van der Waals surface area contributed by atoms with Crippen LogP contribution in [-0.4, -0.2) is 26.9 Å². The number of aryl methyl sites for hydroxylation is 1. The van der Waals surface area contributed by atoms with Crippen molar-refractivity contribution in [1.29, 1.82) is 0 Å². The first-order valence-corrected chi connectivity index (χ1v) is 8.48. The molecule has 1 heterocycles. The van der Waals surface area contributed by atoms with Crippen LogP contribution in [0.15, 0.2) is 54.6 Å². The van der Waals surface area contributed by atoms with Gasteiger partial charge in [-0.05, 0) is 24.6 Å². The molecule has 1 amide bonds. The van der Waals surface area contributed by atoms with Gasteiger partial charge in [-0.2, -0.15) is 0 Å². The van der Waals surface area contributed by atoms with Gasteiger partial charge < -0.3 is 9.47 Å². The molecule has 2 aromatic carbocycles. The fraction of sp³-hybridized carbons (Fsp3) is 0.300. The van der Waals surface area contributed by atoms with Crippen molar-refractivity contribution in [1.82, 2.24) is 14.5 Å². The Bertz CT molecular complexity index is 823. The maximum Gasteiger partial charge on any atom is 0.242 e. The Morgan fingerprint density at radius 3 is 2.46 bits per heavy atom. The lowest BCUT2D eigenvalue weighted by Crippen LogP contribution is -2.33. The fourth-order valence-electron chi connectivity index (χ4n) is 2.99. The van der Waals surface area contributed by atoms with E-state index < -0.39 is 0 Å². The molecule has 0 unspecified atom stereocenters. The van der Waals surface area contributed by atoms with Gasteiger partial charge in [0.1, 0.15) is 12.4 Å². The maximum absolute atomic E-state index is 12.8. The van der Waals surface area contributed by atoms with Gasteiger partial charge in [-0.15, -0.1) is 0 Å². The molecule has 124 valence electrons. The number of hydrogen-bond donors (Lipinski definition) is 0. The Balaban J connectivity index is 1.83. The average Bonchev–Trinajstić information content (AvgIpc) is 2.98. The molecule has 0 saturated heterocycles. The first-order chi connectivity index (χ1) is 11.7. The highest BCUT2D eigenvalue weighted by molar-refractivity contribution is 5.81. The van der Waals surface area contributed by atoms with Crippen LogP contribution < -0.4 is 0 Å². The number of para-hydroxylation sites is 2. The summed E-state index contributed by atoms with van der Waals surface area (Å²) in [6, 6.07) is 18.1. The number of aromatic nitrogens is 2. The van der Waals surface area contributed by atoms with Crippen molar-refractivity contribution >= 4 is 16.9 Å². The van der Waals surface area contributed by atoms with E-state index in [0.29, 0.717) is 19.6 Å². The molecule has 0 fully saturated rings. The van der Waals surface area contributed by atoms with Crippen molar-refractivity contribution in [3.8, 4) is 0 Å². The van der Waals surface area contributed by atoms with Gasteiger partial charge in [-0.3, -0.25) is 4.79 Å². The predicted molar refractivity (Wildman–Crippen MR) is 96.6 cm³/mol. The minimum absolute atomic E-state index is 0.124. The molecular weight excluding hydrogens is 298 g/mol. The standard InChI is InChI=1S/C20H23N3O/c1-3-19-21-17-12-8-9-13-18(17)23(19)15-20(24)22(4-2)14-16-10-6-5-7-11-16/h5-13H,3-4,14-15H2,1-2H3. The predicted octanol–water partition coefficient (Wildman–Crippen LogP) is 3.65. The minimum Gasteiger partial charge on any atom is -0.337 e. The van der Waals surface area contributed by atoms with E-state index in [1.54, 1.807) is 0 Å². The number of benzene rings is 2. The molecule has 0 radical (unpaired) electrons. The van der Waals surface area contributed by atoms with Crippen LogP contribution in [0.5, 0.6) is 0 Å². The van der Waals surface area contributed by atoms with Gasteiger partial charge >= 0.3 is 0 Å². The van der Waals surface area contributed by atoms with Crippen molar-refractivity contribution in [3.63, 3.8) is 0 Å². The van der Waals surface area contributed by atoms with Gasteiger partial charge in [-0.25, -0.2) is 4.98 Å². The summed E-state index contributed by atoms with van der Waals surface area (Å²) in [7, 11) is 0. The number of fused-ring (bicyclic) bond motifs is 1. The normalized spacial score (nSPS) is 10.9. The van der Waals surface area contributed by atoms with Gasteiger partial charge in [-0.1, -0.05) is 49.4 Å². The number of imidazole rings is 1. The summed E-state index contributed by atoms with van der Waals surface area (Å²) in [6.07, 6.45) is 0.812. The summed E-state index contributed by atoms with van der Waals surface area (Å²) in [4.78, 5) is 19.4. The molecule has 0 saturated carbocycles. The molecule has 0 bridgehead atoms. The molecule has 1 aromatic heterocycles. The first kappa shape index (κ1) is 16.2. The molecular formula is C20H23N3O. The molecule has 4 nitrogen and oxygen atoms in total. The molecule has 0 atom stereocenters. The minimum atomic E-state index is 0.124. The summed E-state index contributed by atoms with van der Waals surface area (Å²) >= 11 is 0. The van der Waals surface area contributed by atoms with Crippen molar-refractivity contribution in [3.05, 3.63) is 66.0 Å². The second-order valence-electron chi connectivity index (χ2n) is 5.85. The number of hydrogen-bond acceptors (Lipinski definition) is 2. The van der Waals surface area contributed by atoms with E-state index in [1.807, 2.05) is 58.9 Å². The maximum atomic E-state index is 12.8. The lowest BCUT2D eigenvalue weighted by Gasteiger charge is -2.22. The Labute approximate surface area is 142 Å². The largest absolute Gasteiger partial charge is 0.337 e. The van der Waals surface area contributed by atoms with Gasteiger partial charge in [0.2, 0.25) is 5.91 Å². The molecule has 24 heavy (non-hydrogen) atoms. The zero-order valence-corrected chi connectivity index (χ0v) is 14.3. The van der Waals surface area contributed by atoms with Crippen molar-refractivity contribution < 1.29 is 4.79 Å². The van der Waals surface area contributed by atoms with Crippen LogP contribution in [0.2, 0.25) is 0 Å². The van der Waals surface area contributed by atoms with Gasteiger partial charge in [0.25, 0.3) is 0 Å². The summed E-state index contributed by atoms with van der Waals surface area (Å²) in [5.41, 5.74) is 3.13. The highest BCUT2D eigenvalue weighted by Crippen LogP contribution is 2.17. The van der Waals surface area contributed by atoms with Crippen LogP contribution in [-0.2, 0) is 24.3 Å². The molecule has 3 aromatic rings. The number of amides is 1. The second kappa shape index (κ2) is 7.30. The quantitative estimate of drug-likeness (QED) is 0.695. The molecule has 4 heteroatoms. The fourth-order valence-corrected chi connectivity index (χ4v) is 2.99. The number of carbonyl (C=O) groups is 1. The number of nitrogens with zero attached hydrogens (tertiary/aromatic N) is 3. The van der Waals surface area contributed by atoms with E-state index in [0.717, 1.165) is 28.8 Å². The summed E-state index contributed by atoms with van der Waals surface area (Å²) in [6.45, 7) is 5.77. The Morgan fingerprint density at radius 2 is 1.75 bits per heavy atom. The Hall–Kier alpha value is -2.62. The van der Waals surface area contributed by atoms with Gasteiger partial charge in [0.05, 0.1) is 11.0 Å². The third kappa shape index (κ3) is 3.32. The topological polar surface area (TPSA) is 38.1 Å². The molecule has 0 aliphatic heterocycles. The Morgan fingerprint density at radius 1 is 1.04 bits per heavy atom. The number of likely N-dealkylation sites (N-methyl/N-ethyl adjacent to an activating group) is 1. The van der Waals surface area contributed by atoms with E-state index in [4.69, 9.17) is 0 Å². The second-order valence-corrected chi connectivity index (χ2v) is 5.85. The number of rotatable bonds is 6. The molecule has 0 aliphatic carbocycles.